The SMILES string of the molecule is O=C(C1CCN(c2cnccn2)CC1)N1CC[C@](O)(C(F)(F)F)C1. The van der Waals surface area contributed by atoms with Gasteiger partial charge in [0.05, 0.1) is 12.7 Å². The van der Waals surface area contributed by atoms with Gasteiger partial charge in [-0.15, -0.1) is 0 Å². The Kier molecular flexibility index (Phi) is 4.37. The van der Waals surface area contributed by atoms with Crippen LogP contribution in [-0.4, -0.2) is 63.8 Å². The van der Waals surface area contributed by atoms with Crippen LogP contribution in [0.1, 0.15) is 19.3 Å². The van der Waals surface area contributed by atoms with Crippen LogP contribution in [0.15, 0.2) is 18.6 Å². The molecule has 0 spiro atoms. The van der Waals surface area contributed by atoms with Crippen molar-refractivity contribution in [1.82, 2.24) is 14.9 Å². The zero-order chi connectivity index (χ0) is 17.4. The Labute approximate surface area is 137 Å². The molecular formula is C15H19F3N4O2. The molecule has 3 rings (SSSR count). The number of rotatable bonds is 2. The summed E-state index contributed by atoms with van der Waals surface area (Å²) >= 11 is 0. The van der Waals surface area contributed by atoms with Gasteiger partial charge in [-0.05, 0) is 12.8 Å². The summed E-state index contributed by atoms with van der Waals surface area (Å²) in [5.41, 5.74) is -2.77. The number of hydrogen-bond acceptors (Lipinski definition) is 5. The zero-order valence-corrected chi connectivity index (χ0v) is 13.0. The van der Waals surface area contributed by atoms with Gasteiger partial charge in [0, 0.05) is 44.4 Å². The molecule has 0 unspecified atom stereocenters. The van der Waals surface area contributed by atoms with Gasteiger partial charge in [-0.25, -0.2) is 4.98 Å². The molecule has 0 aromatic carbocycles. The first-order chi connectivity index (χ1) is 11.3. The van der Waals surface area contributed by atoms with Gasteiger partial charge in [0.15, 0.2) is 5.60 Å². The van der Waals surface area contributed by atoms with Crippen LogP contribution in [-0.2, 0) is 4.79 Å². The van der Waals surface area contributed by atoms with Crippen LogP contribution in [0.4, 0.5) is 19.0 Å². The van der Waals surface area contributed by atoms with E-state index in [1.54, 1.807) is 18.6 Å². The lowest BCUT2D eigenvalue weighted by atomic mass is 9.95. The van der Waals surface area contributed by atoms with Gasteiger partial charge in [0.25, 0.3) is 0 Å². The minimum atomic E-state index is -4.71. The van der Waals surface area contributed by atoms with E-state index in [2.05, 4.69) is 9.97 Å². The summed E-state index contributed by atoms with van der Waals surface area (Å²) in [6.07, 6.45) is 0.751. The fraction of sp³-hybridized carbons (Fsp3) is 0.667. The van der Waals surface area contributed by atoms with Crippen molar-refractivity contribution >= 4 is 11.7 Å². The fourth-order valence-corrected chi connectivity index (χ4v) is 3.28. The number of anilines is 1. The Balaban J connectivity index is 1.57. The van der Waals surface area contributed by atoms with Crippen LogP contribution in [0, 0.1) is 5.92 Å². The Morgan fingerprint density at radius 3 is 2.50 bits per heavy atom. The van der Waals surface area contributed by atoms with Crippen LogP contribution in [0.3, 0.4) is 0 Å². The number of nitrogens with zero attached hydrogens (tertiary/aromatic N) is 4. The quantitative estimate of drug-likeness (QED) is 0.874. The van der Waals surface area contributed by atoms with E-state index in [-0.39, 0.29) is 18.4 Å². The summed E-state index contributed by atoms with van der Waals surface area (Å²) in [5.74, 6) is 0.124. The van der Waals surface area contributed by atoms with Crippen molar-refractivity contribution in [3.63, 3.8) is 0 Å². The van der Waals surface area contributed by atoms with E-state index < -0.39 is 24.7 Å². The van der Waals surface area contributed by atoms with E-state index in [0.29, 0.717) is 25.9 Å². The molecule has 132 valence electrons. The number of likely N-dealkylation sites (tertiary alicyclic amines) is 1. The highest BCUT2D eigenvalue weighted by molar-refractivity contribution is 5.79. The molecule has 2 saturated heterocycles. The number of aromatic nitrogens is 2. The van der Waals surface area contributed by atoms with Gasteiger partial charge < -0.3 is 14.9 Å². The summed E-state index contributed by atoms with van der Waals surface area (Å²) in [7, 11) is 0. The minimum absolute atomic E-state index is 0.0563. The lowest BCUT2D eigenvalue weighted by Gasteiger charge is -2.34. The van der Waals surface area contributed by atoms with E-state index in [1.807, 2.05) is 4.90 Å². The molecule has 3 heterocycles. The normalized spacial score (nSPS) is 26.0. The first-order valence-electron chi connectivity index (χ1n) is 7.89. The molecule has 6 nitrogen and oxygen atoms in total. The maximum absolute atomic E-state index is 12.9. The molecule has 2 aliphatic heterocycles. The molecule has 2 aliphatic rings. The molecule has 0 radical (unpaired) electrons. The largest absolute Gasteiger partial charge is 0.419 e. The molecule has 0 bridgehead atoms. The van der Waals surface area contributed by atoms with Crippen LogP contribution in [0.5, 0.6) is 0 Å². The smallest absolute Gasteiger partial charge is 0.379 e. The molecule has 2 fully saturated rings. The summed E-state index contributed by atoms with van der Waals surface area (Å²) in [6, 6.07) is 0. The number of halogens is 3. The van der Waals surface area contributed by atoms with E-state index in [9.17, 15) is 23.1 Å². The molecule has 9 heteroatoms. The van der Waals surface area contributed by atoms with Gasteiger partial charge in [0.2, 0.25) is 5.91 Å². The van der Waals surface area contributed by atoms with Crippen molar-refractivity contribution in [1.29, 1.82) is 0 Å². The molecule has 1 aromatic heterocycles. The van der Waals surface area contributed by atoms with Gasteiger partial charge in [-0.1, -0.05) is 0 Å². The minimum Gasteiger partial charge on any atom is -0.379 e. The average molecular weight is 344 g/mol. The molecule has 1 aromatic rings. The first-order valence-corrected chi connectivity index (χ1v) is 7.89. The van der Waals surface area contributed by atoms with Crippen LogP contribution in [0.2, 0.25) is 0 Å². The van der Waals surface area contributed by atoms with Crippen molar-refractivity contribution < 1.29 is 23.1 Å². The average Bonchev–Trinajstić information content (AvgIpc) is 2.99. The molecular weight excluding hydrogens is 325 g/mol. The van der Waals surface area contributed by atoms with Crippen molar-refractivity contribution in [2.45, 2.75) is 31.0 Å². The van der Waals surface area contributed by atoms with Crippen LogP contribution >= 0.6 is 0 Å². The second-order valence-electron chi connectivity index (χ2n) is 6.36. The summed E-state index contributed by atoms with van der Waals surface area (Å²) in [5, 5.41) is 9.69. The number of hydrogen-bond donors (Lipinski definition) is 1. The van der Waals surface area contributed by atoms with E-state index in [4.69, 9.17) is 0 Å². The summed E-state index contributed by atoms with van der Waals surface area (Å²) in [4.78, 5) is 23.8. The third kappa shape index (κ3) is 3.17. The first kappa shape index (κ1) is 16.9. The number of carbonyl (C=O) groups excluding carboxylic acids is 1. The monoisotopic (exact) mass is 344 g/mol. The third-order valence-electron chi connectivity index (χ3n) is 4.80. The van der Waals surface area contributed by atoms with Crippen LogP contribution < -0.4 is 4.90 Å². The van der Waals surface area contributed by atoms with Crippen molar-refractivity contribution in [3.8, 4) is 0 Å². The molecule has 0 saturated carbocycles. The molecule has 1 N–H and O–H groups in total. The Hall–Kier alpha value is -1.90. The van der Waals surface area contributed by atoms with Crippen molar-refractivity contribution in [3.05, 3.63) is 18.6 Å². The lowest BCUT2D eigenvalue weighted by Crippen LogP contribution is -2.49. The highest BCUT2D eigenvalue weighted by Gasteiger charge is 2.58. The summed E-state index contributed by atoms with van der Waals surface area (Å²) in [6.45, 7) is 0.484. The molecule has 1 amide bonds. The van der Waals surface area contributed by atoms with E-state index in [1.165, 1.54) is 0 Å². The van der Waals surface area contributed by atoms with E-state index in [0.717, 1.165) is 10.7 Å². The van der Waals surface area contributed by atoms with Gasteiger partial charge >= 0.3 is 6.18 Å². The number of carbonyl (C=O) groups is 1. The Bertz CT molecular complexity index is 590. The van der Waals surface area contributed by atoms with Gasteiger partial charge in [-0.3, -0.25) is 9.78 Å². The second-order valence-corrected chi connectivity index (χ2v) is 6.36. The van der Waals surface area contributed by atoms with Crippen LogP contribution in [0.25, 0.3) is 0 Å². The highest BCUT2D eigenvalue weighted by Crippen LogP contribution is 2.38. The molecule has 24 heavy (non-hydrogen) atoms. The number of amides is 1. The number of piperidine rings is 1. The number of aliphatic hydroxyl groups is 1. The van der Waals surface area contributed by atoms with E-state index >= 15 is 0 Å². The van der Waals surface area contributed by atoms with Crippen molar-refractivity contribution in [2.75, 3.05) is 31.1 Å². The maximum Gasteiger partial charge on any atom is 0.419 e. The number of β-amino-alcohol motifs (C(OH)–C–C–N with tert-alkyl or cyclic N) is 1. The Morgan fingerprint density at radius 2 is 1.96 bits per heavy atom. The molecule has 0 aliphatic carbocycles. The third-order valence-corrected chi connectivity index (χ3v) is 4.80. The Morgan fingerprint density at radius 1 is 1.25 bits per heavy atom. The standard InChI is InChI=1S/C15H19F3N4O2/c16-15(17,18)14(24)3-8-22(10-14)13(23)11-1-6-21(7-2-11)12-9-19-4-5-20-12/h4-5,9,11,24H,1-3,6-8,10H2/t14-/m1/s1. The lowest BCUT2D eigenvalue weighted by molar-refractivity contribution is -0.253. The predicted octanol–water partition coefficient (Wildman–Crippen LogP) is 1.22. The highest BCUT2D eigenvalue weighted by atomic mass is 19.4. The fourth-order valence-electron chi connectivity index (χ4n) is 3.28. The second kappa shape index (κ2) is 6.19. The van der Waals surface area contributed by atoms with Gasteiger partial charge in [0.1, 0.15) is 5.82 Å². The van der Waals surface area contributed by atoms with Crippen molar-refractivity contribution in [2.24, 2.45) is 5.92 Å². The predicted molar refractivity (Wildman–Crippen MR) is 79.2 cm³/mol. The zero-order valence-electron chi connectivity index (χ0n) is 13.0. The number of alkyl halides is 3. The maximum atomic E-state index is 12.9. The summed E-state index contributed by atoms with van der Waals surface area (Å²) < 4.78 is 38.6. The molecule has 1 atom stereocenters. The topological polar surface area (TPSA) is 69.6 Å². The van der Waals surface area contributed by atoms with Gasteiger partial charge in [-0.2, -0.15) is 13.2 Å².